The Labute approximate surface area is 122 Å². The van der Waals surface area contributed by atoms with E-state index in [9.17, 15) is 19.3 Å². The van der Waals surface area contributed by atoms with Crippen molar-refractivity contribution in [3.8, 4) is 0 Å². The topological polar surface area (TPSA) is 75.5 Å². The largest absolute Gasteiger partial charge is 0.379 e. The van der Waals surface area contributed by atoms with Crippen LogP contribution in [0.15, 0.2) is 18.2 Å². The Bertz CT molecular complexity index is 530. The van der Waals surface area contributed by atoms with Crippen molar-refractivity contribution in [3.05, 3.63) is 34.1 Å². The first-order valence-corrected chi connectivity index (χ1v) is 7.03. The number of halogens is 1. The number of amides is 1. The summed E-state index contributed by atoms with van der Waals surface area (Å²) in [6, 6.07) is 3.34. The highest BCUT2D eigenvalue weighted by atomic mass is 19.1. The summed E-state index contributed by atoms with van der Waals surface area (Å²) in [6.45, 7) is 1.87. The number of carbonyl (C=O) groups excluding carboxylic acids is 1. The predicted octanol–water partition coefficient (Wildman–Crippen LogP) is 2.55. The standard InChI is InChI=1S/C14H18FN3O3/c15-11-4-5-12(13(10-11)18(20)21)16-7-6-14(19)17-8-2-1-3-9-17/h4-5,10,16H,1-3,6-9H2. The van der Waals surface area contributed by atoms with Crippen LogP contribution in [0.3, 0.4) is 0 Å². The summed E-state index contributed by atoms with van der Waals surface area (Å²) < 4.78 is 13.0. The summed E-state index contributed by atoms with van der Waals surface area (Å²) in [5.41, 5.74) is -0.0896. The minimum Gasteiger partial charge on any atom is -0.379 e. The molecule has 1 N–H and O–H groups in total. The SMILES string of the molecule is O=C(CCNc1ccc(F)cc1[N+](=O)[O-])N1CCCCC1. The van der Waals surface area contributed by atoms with Crippen molar-refractivity contribution < 1.29 is 14.1 Å². The zero-order chi connectivity index (χ0) is 15.2. The molecule has 0 bridgehead atoms. The highest BCUT2D eigenvalue weighted by Gasteiger charge is 2.17. The van der Waals surface area contributed by atoms with Crippen LogP contribution in [0, 0.1) is 15.9 Å². The molecule has 1 fully saturated rings. The number of nitro groups is 1. The molecule has 0 aromatic heterocycles. The molecule has 2 rings (SSSR count). The molecule has 0 radical (unpaired) electrons. The van der Waals surface area contributed by atoms with Gasteiger partial charge < -0.3 is 10.2 Å². The molecule has 0 spiro atoms. The minimum atomic E-state index is -0.656. The van der Waals surface area contributed by atoms with Gasteiger partial charge in [-0.3, -0.25) is 14.9 Å². The van der Waals surface area contributed by atoms with Gasteiger partial charge in [0.05, 0.1) is 11.0 Å². The fourth-order valence-corrected chi connectivity index (χ4v) is 2.41. The zero-order valence-electron chi connectivity index (χ0n) is 11.7. The summed E-state index contributed by atoms with van der Waals surface area (Å²) in [5.74, 6) is -0.608. The molecular weight excluding hydrogens is 277 g/mol. The van der Waals surface area contributed by atoms with Crippen molar-refractivity contribution in [2.75, 3.05) is 25.0 Å². The van der Waals surface area contributed by atoms with Crippen LogP contribution in [0.2, 0.25) is 0 Å². The predicted molar refractivity (Wildman–Crippen MR) is 76.6 cm³/mol. The first-order valence-electron chi connectivity index (χ1n) is 7.03. The van der Waals surface area contributed by atoms with Crippen LogP contribution in [-0.2, 0) is 4.79 Å². The van der Waals surface area contributed by atoms with Crippen molar-refractivity contribution in [1.82, 2.24) is 4.90 Å². The van der Waals surface area contributed by atoms with E-state index in [1.165, 1.54) is 6.07 Å². The van der Waals surface area contributed by atoms with Gasteiger partial charge in [0.2, 0.25) is 5.91 Å². The number of nitrogens with zero attached hydrogens (tertiary/aromatic N) is 2. The van der Waals surface area contributed by atoms with Gasteiger partial charge in [-0.15, -0.1) is 0 Å². The zero-order valence-corrected chi connectivity index (χ0v) is 11.7. The van der Waals surface area contributed by atoms with Gasteiger partial charge in [-0.05, 0) is 31.4 Å². The van der Waals surface area contributed by atoms with Gasteiger partial charge in [0.15, 0.2) is 0 Å². The molecule has 1 aromatic rings. The summed E-state index contributed by atoms with van der Waals surface area (Å²) in [5, 5.41) is 13.7. The summed E-state index contributed by atoms with van der Waals surface area (Å²) in [4.78, 5) is 24.0. The van der Waals surface area contributed by atoms with Crippen LogP contribution in [0.25, 0.3) is 0 Å². The van der Waals surface area contributed by atoms with E-state index < -0.39 is 10.7 Å². The highest BCUT2D eigenvalue weighted by molar-refractivity contribution is 5.77. The van der Waals surface area contributed by atoms with Gasteiger partial charge >= 0.3 is 0 Å². The number of rotatable bonds is 5. The maximum atomic E-state index is 13.0. The number of hydrogen-bond donors (Lipinski definition) is 1. The van der Waals surface area contributed by atoms with Crippen LogP contribution in [0.4, 0.5) is 15.8 Å². The second kappa shape index (κ2) is 7.01. The summed E-state index contributed by atoms with van der Waals surface area (Å²) >= 11 is 0. The number of anilines is 1. The smallest absolute Gasteiger partial charge is 0.295 e. The van der Waals surface area contributed by atoms with Crippen molar-refractivity contribution in [2.45, 2.75) is 25.7 Å². The van der Waals surface area contributed by atoms with E-state index in [0.29, 0.717) is 6.54 Å². The molecule has 0 unspecified atom stereocenters. The third-order valence-electron chi connectivity index (χ3n) is 3.52. The monoisotopic (exact) mass is 295 g/mol. The molecule has 7 heteroatoms. The van der Waals surface area contributed by atoms with Crippen LogP contribution < -0.4 is 5.32 Å². The molecule has 1 saturated heterocycles. The first-order chi connectivity index (χ1) is 10.1. The fraction of sp³-hybridized carbons (Fsp3) is 0.500. The van der Waals surface area contributed by atoms with Crippen LogP contribution in [0.1, 0.15) is 25.7 Å². The molecule has 0 atom stereocenters. The highest BCUT2D eigenvalue weighted by Crippen LogP contribution is 2.24. The third-order valence-corrected chi connectivity index (χ3v) is 3.52. The van der Waals surface area contributed by atoms with Crippen LogP contribution >= 0.6 is 0 Å². The van der Waals surface area contributed by atoms with Gasteiger partial charge in [-0.2, -0.15) is 0 Å². The van der Waals surface area contributed by atoms with Gasteiger partial charge in [0, 0.05) is 26.1 Å². The first kappa shape index (κ1) is 15.2. The van der Waals surface area contributed by atoms with Crippen LogP contribution in [0.5, 0.6) is 0 Å². The number of nitro benzene ring substituents is 1. The molecule has 0 saturated carbocycles. The number of benzene rings is 1. The molecule has 1 heterocycles. The van der Waals surface area contributed by atoms with E-state index >= 15 is 0 Å². The van der Waals surface area contributed by atoms with Gasteiger partial charge in [0.25, 0.3) is 5.69 Å². The van der Waals surface area contributed by atoms with E-state index in [0.717, 1.165) is 44.5 Å². The maximum Gasteiger partial charge on any atom is 0.295 e. The number of nitrogens with one attached hydrogen (secondary N) is 1. The van der Waals surface area contributed by atoms with E-state index in [-0.39, 0.29) is 23.7 Å². The Morgan fingerprint density at radius 3 is 2.71 bits per heavy atom. The van der Waals surface area contributed by atoms with Gasteiger partial charge in [-0.1, -0.05) is 0 Å². The Hall–Kier alpha value is -2.18. The molecule has 1 aromatic carbocycles. The molecule has 1 amide bonds. The average Bonchev–Trinajstić information content (AvgIpc) is 2.49. The average molecular weight is 295 g/mol. The molecule has 6 nitrogen and oxygen atoms in total. The van der Waals surface area contributed by atoms with Crippen molar-refractivity contribution in [1.29, 1.82) is 0 Å². The lowest BCUT2D eigenvalue weighted by Gasteiger charge is -2.26. The Kier molecular flexibility index (Phi) is 5.08. The van der Waals surface area contributed by atoms with E-state index in [4.69, 9.17) is 0 Å². The summed E-state index contributed by atoms with van der Waals surface area (Å²) in [7, 11) is 0. The Morgan fingerprint density at radius 2 is 2.05 bits per heavy atom. The van der Waals surface area contributed by atoms with Gasteiger partial charge in [0.1, 0.15) is 11.5 Å². The van der Waals surface area contributed by atoms with Crippen molar-refractivity contribution in [3.63, 3.8) is 0 Å². The lowest BCUT2D eigenvalue weighted by Crippen LogP contribution is -2.36. The molecule has 0 aliphatic carbocycles. The fourth-order valence-electron chi connectivity index (χ4n) is 2.41. The Morgan fingerprint density at radius 1 is 1.33 bits per heavy atom. The van der Waals surface area contributed by atoms with Crippen molar-refractivity contribution >= 4 is 17.3 Å². The van der Waals surface area contributed by atoms with E-state index in [1.807, 2.05) is 4.90 Å². The van der Waals surface area contributed by atoms with E-state index in [2.05, 4.69) is 5.32 Å². The second-order valence-electron chi connectivity index (χ2n) is 5.04. The van der Waals surface area contributed by atoms with Crippen LogP contribution in [-0.4, -0.2) is 35.4 Å². The lowest BCUT2D eigenvalue weighted by atomic mass is 10.1. The molecule has 1 aliphatic heterocycles. The third kappa shape index (κ3) is 4.14. The number of likely N-dealkylation sites (tertiary alicyclic amines) is 1. The number of carbonyl (C=O) groups is 1. The quantitative estimate of drug-likeness (QED) is 0.669. The second-order valence-corrected chi connectivity index (χ2v) is 5.04. The minimum absolute atomic E-state index is 0.0481. The number of hydrogen-bond acceptors (Lipinski definition) is 4. The summed E-state index contributed by atoms with van der Waals surface area (Å²) in [6.07, 6.45) is 3.49. The Balaban J connectivity index is 1.88. The van der Waals surface area contributed by atoms with E-state index in [1.54, 1.807) is 0 Å². The molecule has 114 valence electrons. The lowest BCUT2D eigenvalue weighted by molar-refractivity contribution is -0.384. The molecule has 1 aliphatic rings. The van der Waals surface area contributed by atoms with Crippen molar-refractivity contribution in [2.24, 2.45) is 0 Å². The number of piperidine rings is 1. The van der Waals surface area contributed by atoms with Gasteiger partial charge in [-0.25, -0.2) is 4.39 Å². The maximum absolute atomic E-state index is 13.0. The normalized spacial score (nSPS) is 14.8. The molecule has 21 heavy (non-hydrogen) atoms. The molecular formula is C14H18FN3O3.